The Kier molecular flexibility index (Phi) is 5.07. The van der Waals surface area contributed by atoms with Crippen molar-refractivity contribution >= 4 is 21.6 Å². The highest BCUT2D eigenvalue weighted by molar-refractivity contribution is 7.89. The van der Waals surface area contributed by atoms with Crippen LogP contribution in [0.25, 0.3) is 0 Å². The summed E-state index contributed by atoms with van der Waals surface area (Å²) < 4.78 is 32.7. The molecule has 0 saturated carbocycles. The van der Waals surface area contributed by atoms with E-state index < -0.39 is 10.0 Å². The fourth-order valence-electron chi connectivity index (χ4n) is 2.35. The molecule has 0 radical (unpaired) electrons. The van der Waals surface area contributed by atoms with E-state index in [0.717, 1.165) is 12.0 Å². The molecule has 6 heteroatoms. The molecule has 1 saturated heterocycles. The summed E-state index contributed by atoms with van der Waals surface area (Å²) in [4.78, 5) is 0.309. The molecule has 1 fully saturated rings. The molecular weight excluding hydrogens is 298 g/mol. The number of benzene rings is 1. The molecule has 2 rings (SSSR count). The summed E-state index contributed by atoms with van der Waals surface area (Å²) in [5.74, 6) is 0.306. The van der Waals surface area contributed by atoms with E-state index in [4.69, 9.17) is 16.3 Å². The smallest absolute Gasteiger partial charge is 0.243 e. The van der Waals surface area contributed by atoms with Crippen molar-refractivity contribution in [2.75, 3.05) is 13.2 Å². The van der Waals surface area contributed by atoms with Gasteiger partial charge in [-0.15, -0.1) is 11.6 Å². The molecule has 4 nitrogen and oxygen atoms in total. The Hall–Kier alpha value is -0.620. The van der Waals surface area contributed by atoms with Crippen LogP contribution in [0.15, 0.2) is 29.2 Å². The Balaban J connectivity index is 2.36. The Morgan fingerprint density at radius 2 is 2.20 bits per heavy atom. The van der Waals surface area contributed by atoms with Gasteiger partial charge < -0.3 is 4.74 Å². The van der Waals surface area contributed by atoms with Crippen molar-refractivity contribution in [1.82, 2.24) is 4.31 Å². The number of hydrogen-bond donors (Lipinski definition) is 0. The number of nitrogens with zero attached hydrogens (tertiary/aromatic N) is 1. The van der Waals surface area contributed by atoms with Crippen molar-refractivity contribution in [3.05, 3.63) is 29.8 Å². The number of halogens is 1. The topological polar surface area (TPSA) is 46.6 Å². The first-order valence-corrected chi connectivity index (χ1v) is 8.74. The monoisotopic (exact) mass is 317 g/mol. The highest BCUT2D eigenvalue weighted by Gasteiger charge is 2.35. The minimum Gasteiger partial charge on any atom is -0.375 e. The fourth-order valence-corrected chi connectivity index (χ4v) is 4.35. The van der Waals surface area contributed by atoms with Gasteiger partial charge in [0.05, 0.1) is 17.6 Å². The maximum Gasteiger partial charge on any atom is 0.243 e. The highest BCUT2D eigenvalue weighted by Crippen LogP contribution is 2.25. The molecular formula is C14H20ClNO3S. The van der Waals surface area contributed by atoms with E-state index >= 15 is 0 Å². The Morgan fingerprint density at radius 1 is 1.45 bits per heavy atom. The van der Waals surface area contributed by atoms with Gasteiger partial charge in [-0.3, -0.25) is 0 Å². The minimum atomic E-state index is -3.49. The molecule has 1 aliphatic heterocycles. The van der Waals surface area contributed by atoms with E-state index in [1.807, 2.05) is 19.9 Å². The second-order valence-electron chi connectivity index (χ2n) is 5.06. The zero-order valence-electron chi connectivity index (χ0n) is 11.8. The molecule has 1 aromatic rings. The molecule has 20 heavy (non-hydrogen) atoms. The lowest BCUT2D eigenvalue weighted by Crippen LogP contribution is -2.51. The number of alkyl halides is 1. The normalized spacial score (nSPS) is 24.8. The fraction of sp³-hybridized carbons (Fsp3) is 0.571. The molecule has 0 aliphatic carbocycles. The van der Waals surface area contributed by atoms with Gasteiger partial charge >= 0.3 is 0 Å². The van der Waals surface area contributed by atoms with Gasteiger partial charge in [-0.1, -0.05) is 19.1 Å². The summed E-state index contributed by atoms with van der Waals surface area (Å²) in [6, 6.07) is 6.73. The summed E-state index contributed by atoms with van der Waals surface area (Å²) in [5, 5.41) is 0. The first-order chi connectivity index (χ1) is 9.48. The van der Waals surface area contributed by atoms with Crippen molar-refractivity contribution in [2.45, 2.75) is 43.2 Å². The lowest BCUT2D eigenvalue weighted by molar-refractivity contribution is -0.0230. The van der Waals surface area contributed by atoms with Crippen LogP contribution in [0.2, 0.25) is 0 Å². The predicted octanol–water partition coefficient (Wildman–Crippen LogP) is 2.61. The van der Waals surface area contributed by atoms with E-state index in [2.05, 4.69) is 0 Å². The zero-order valence-corrected chi connectivity index (χ0v) is 13.3. The standard InChI is InChI=1S/C14H20ClNO3S/c1-3-13-10-19-11(2)9-16(13)20(17,18)14-6-4-5-12(7-14)8-15/h4-7,11,13H,3,8-10H2,1-2H3. The zero-order chi connectivity index (χ0) is 14.8. The molecule has 112 valence electrons. The predicted molar refractivity (Wildman–Crippen MR) is 79.4 cm³/mol. The van der Waals surface area contributed by atoms with Crippen LogP contribution >= 0.6 is 11.6 Å². The first kappa shape index (κ1) is 15.8. The van der Waals surface area contributed by atoms with E-state index in [0.29, 0.717) is 23.9 Å². The molecule has 0 bridgehead atoms. The second-order valence-corrected chi connectivity index (χ2v) is 7.22. The van der Waals surface area contributed by atoms with E-state index in [1.54, 1.807) is 22.5 Å². The van der Waals surface area contributed by atoms with Crippen molar-refractivity contribution in [2.24, 2.45) is 0 Å². The molecule has 0 N–H and O–H groups in total. The summed E-state index contributed by atoms with van der Waals surface area (Å²) in [6.45, 7) is 4.71. The minimum absolute atomic E-state index is 0.0798. The van der Waals surface area contributed by atoms with Crippen LogP contribution in [-0.4, -0.2) is 38.0 Å². The van der Waals surface area contributed by atoms with Crippen molar-refractivity contribution < 1.29 is 13.2 Å². The molecule has 2 unspecified atom stereocenters. The van der Waals surface area contributed by atoms with Gasteiger partial charge in [-0.2, -0.15) is 4.31 Å². The molecule has 0 amide bonds. The lowest BCUT2D eigenvalue weighted by atomic mass is 10.2. The largest absolute Gasteiger partial charge is 0.375 e. The van der Waals surface area contributed by atoms with Crippen molar-refractivity contribution in [1.29, 1.82) is 0 Å². The molecule has 1 heterocycles. The number of ether oxygens (including phenoxy) is 1. The molecule has 0 spiro atoms. The summed E-state index contributed by atoms with van der Waals surface area (Å²) in [5.41, 5.74) is 0.807. The van der Waals surface area contributed by atoms with Crippen LogP contribution in [-0.2, 0) is 20.6 Å². The van der Waals surface area contributed by atoms with E-state index in [1.165, 1.54) is 0 Å². The quantitative estimate of drug-likeness (QED) is 0.802. The molecule has 1 aliphatic rings. The van der Waals surface area contributed by atoms with Gasteiger partial charge in [0.15, 0.2) is 0 Å². The Morgan fingerprint density at radius 3 is 2.85 bits per heavy atom. The third kappa shape index (κ3) is 3.17. The number of sulfonamides is 1. The number of rotatable bonds is 4. The van der Waals surface area contributed by atoms with E-state index in [9.17, 15) is 8.42 Å². The maximum absolute atomic E-state index is 12.8. The van der Waals surface area contributed by atoms with Crippen molar-refractivity contribution in [3.63, 3.8) is 0 Å². The van der Waals surface area contributed by atoms with Crippen LogP contribution in [0.3, 0.4) is 0 Å². The lowest BCUT2D eigenvalue weighted by Gasteiger charge is -2.37. The van der Waals surface area contributed by atoms with Crippen LogP contribution in [0, 0.1) is 0 Å². The summed E-state index contributed by atoms with van der Waals surface area (Å²) >= 11 is 5.79. The molecule has 0 aromatic heterocycles. The van der Waals surface area contributed by atoms with Gasteiger partial charge in [0, 0.05) is 18.5 Å². The maximum atomic E-state index is 12.8. The highest BCUT2D eigenvalue weighted by atomic mass is 35.5. The Labute approximate surface area is 125 Å². The van der Waals surface area contributed by atoms with Gasteiger partial charge in [0.2, 0.25) is 10.0 Å². The Bertz CT molecular complexity index is 561. The van der Waals surface area contributed by atoms with Crippen molar-refractivity contribution in [3.8, 4) is 0 Å². The van der Waals surface area contributed by atoms with Crippen LogP contribution < -0.4 is 0 Å². The van der Waals surface area contributed by atoms with Gasteiger partial charge in [-0.05, 0) is 31.0 Å². The van der Waals surface area contributed by atoms with Gasteiger partial charge in [0.25, 0.3) is 0 Å². The van der Waals surface area contributed by atoms with E-state index in [-0.39, 0.29) is 12.1 Å². The average molecular weight is 318 g/mol. The van der Waals surface area contributed by atoms with Crippen LogP contribution in [0.5, 0.6) is 0 Å². The first-order valence-electron chi connectivity index (χ1n) is 6.77. The SMILES string of the molecule is CCC1COC(C)CN1S(=O)(=O)c1cccc(CCl)c1. The van der Waals surface area contributed by atoms with Gasteiger partial charge in [0.1, 0.15) is 0 Å². The third-order valence-corrected chi connectivity index (χ3v) is 5.77. The van der Waals surface area contributed by atoms with Crippen LogP contribution in [0.1, 0.15) is 25.8 Å². The van der Waals surface area contributed by atoms with Gasteiger partial charge in [-0.25, -0.2) is 8.42 Å². The molecule has 2 atom stereocenters. The third-order valence-electron chi connectivity index (χ3n) is 3.55. The van der Waals surface area contributed by atoms with Crippen LogP contribution in [0.4, 0.5) is 0 Å². The summed E-state index contributed by atoms with van der Waals surface area (Å²) in [6.07, 6.45) is 0.657. The summed E-state index contributed by atoms with van der Waals surface area (Å²) in [7, 11) is -3.49. The number of hydrogen-bond acceptors (Lipinski definition) is 3. The number of morpholine rings is 1. The average Bonchev–Trinajstić information content (AvgIpc) is 2.47. The second kappa shape index (κ2) is 6.43. The molecule has 1 aromatic carbocycles.